The van der Waals surface area contributed by atoms with Gasteiger partial charge in [0, 0.05) is 17.1 Å². The Balaban J connectivity index is 1.67. The molecule has 0 saturated carbocycles. The quantitative estimate of drug-likeness (QED) is 0.476. The zero-order valence-electron chi connectivity index (χ0n) is 13.4. The Hall–Kier alpha value is -3.53. The third-order valence-electron chi connectivity index (χ3n) is 4.29. The topological polar surface area (TPSA) is 43.1 Å². The lowest BCUT2D eigenvalue weighted by Crippen LogP contribution is -1.93. The number of aromatic nitrogens is 4. The molecule has 0 aliphatic heterocycles. The summed E-state index contributed by atoms with van der Waals surface area (Å²) in [6, 6.07) is 26.4. The van der Waals surface area contributed by atoms with Gasteiger partial charge in [-0.1, -0.05) is 54.6 Å². The van der Waals surface area contributed by atoms with E-state index < -0.39 is 0 Å². The van der Waals surface area contributed by atoms with Gasteiger partial charge in [0.15, 0.2) is 5.82 Å². The van der Waals surface area contributed by atoms with Crippen LogP contribution in [0.1, 0.15) is 0 Å². The van der Waals surface area contributed by atoms with E-state index in [-0.39, 0.29) is 0 Å². The smallest absolute Gasteiger partial charge is 0.159 e. The van der Waals surface area contributed by atoms with Crippen LogP contribution in [0.4, 0.5) is 0 Å². The molecule has 4 heteroatoms. The van der Waals surface area contributed by atoms with Crippen LogP contribution < -0.4 is 0 Å². The van der Waals surface area contributed by atoms with Crippen LogP contribution in [0.3, 0.4) is 0 Å². The monoisotopic (exact) mass is 322 g/mol. The fraction of sp³-hybridized carbons (Fsp3) is 0. The predicted octanol–water partition coefficient (Wildman–Crippen LogP) is 4.61. The fourth-order valence-corrected chi connectivity index (χ4v) is 3.06. The molecule has 0 aliphatic carbocycles. The van der Waals surface area contributed by atoms with Crippen molar-refractivity contribution in [1.82, 2.24) is 19.6 Å². The zero-order valence-corrected chi connectivity index (χ0v) is 13.4. The second kappa shape index (κ2) is 5.53. The van der Waals surface area contributed by atoms with Crippen LogP contribution in [0.5, 0.6) is 0 Å². The van der Waals surface area contributed by atoms with E-state index in [1.165, 1.54) is 0 Å². The van der Waals surface area contributed by atoms with Crippen molar-refractivity contribution in [1.29, 1.82) is 0 Å². The van der Waals surface area contributed by atoms with Crippen molar-refractivity contribution in [3.63, 3.8) is 0 Å². The van der Waals surface area contributed by atoms with E-state index in [1.807, 2.05) is 53.0 Å². The molecule has 0 bridgehead atoms. The second-order valence-corrected chi connectivity index (χ2v) is 5.89. The molecule has 25 heavy (non-hydrogen) atoms. The van der Waals surface area contributed by atoms with Gasteiger partial charge in [0.1, 0.15) is 5.69 Å². The van der Waals surface area contributed by atoms with E-state index in [9.17, 15) is 0 Å². The minimum atomic E-state index is 0.708. The number of rotatable bonds is 2. The molecule has 0 N–H and O–H groups in total. The van der Waals surface area contributed by atoms with Crippen molar-refractivity contribution < 1.29 is 0 Å². The van der Waals surface area contributed by atoms with Crippen molar-refractivity contribution in [2.45, 2.75) is 0 Å². The van der Waals surface area contributed by atoms with Gasteiger partial charge in [-0.25, -0.2) is 14.5 Å². The predicted molar refractivity (Wildman–Crippen MR) is 99.2 cm³/mol. The van der Waals surface area contributed by atoms with Gasteiger partial charge in [0.05, 0.1) is 16.7 Å². The van der Waals surface area contributed by atoms with Crippen LogP contribution in [0.15, 0.2) is 85.1 Å². The molecule has 3 heterocycles. The standard InChI is InChI=1S/C21H14N4/c1-2-7-16(8-3-1)21-22-13-12-18(23-21)19-14-17-11-10-15-6-4-5-9-20(15)25(17)24-19/h1-14H. The van der Waals surface area contributed by atoms with E-state index in [1.54, 1.807) is 6.20 Å². The highest BCUT2D eigenvalue weighted by Gasteiger charge is 2.10. The van der Waals surface area contributed by atoms with E-state index >= 15 is 0 Å². The largest absolute Gasteiger partial charge is 0.237 e. The van der Waals surface area contributed by atoms with Crippen molar-refractivity contribution >= 4 is 16.4 Å². The van der Waals surface area contributed by atoms with Gasteiger partial charge < -0.3 is 0 Å². The molecule has 5 rings (SSSR count). The Kier molecular flexibility index (Phi) is 3.07. The van der Waals surface area contributed by atoms with Crippen molar-refractivity contribution in [3.05, 3.63) is 85.1 Å². The van der Waals surface area contributed by atoms with Crippen LogP contribution in [0.2, 0.25) is 0 Å². The zero-order chi connectivity index (χ0) is 16.6. The molecule has 0 fully saturated rings. The normalized spacial score (nSPS) is 11.2. The Morgan fingerprint density at radius 2 is 1.56 bits per heavy atom. The molecule has 0 aliphatic rings. The maximum Gasteiger partial charge on any atom is 0.159 e. The minimum absolute atomic E-state index is 0.708. The second-order valence-electron chi connectivity index (χ2n) is 5.89. The summed E-state index contributed by atoms with van der Waals surface area (Å²) in [6.07, 6.45) is 1.78. The molecule has 0 saturated heterocycles. The van der Waals surface area contributed by atoms with Crippen LogP contribution >= 0.6 is 0 Å². The SMILES string of the molecule is c1ccc(-c2nccc(-c3cc4ccc5ccccc5n4n3)n2)cc1. The summed E-state index contributed by atoms with van der Waals surface area (Å²) >= 11 is 0. The summed E-state index contributed by atoms with van der Waals surface area (Å²) in [5.74, 6) is 0.708. The number of para-hydroxylation sites is 1. The highest BCUT2D eigenvalue weighted by atomic mass is 15.2. The van der Waals surface area contributed by atoms with Crippen LogP contribution in [-0.4, -0.2) is 19.6 Å². The van der Waals surface area contributed by atoms with E-state index in [2.05, 4.69) is 35.3 Å². The first kappa shape index (κ1) is 13.9. The average molecular weight is 322 g/mol. The Labute approximate surface area is 144 Å². The number of pyridine rings is 1. The molecule has 5 aromatic rings. The highest BCUT2D eigenvalue weighted by Crippen LogP contribution is 2.23. The maximum atomic E-state index is 4.77. The summed E-state index contributed by atoms with van der Waals surface area (Å²) in [4.78, 5) is 9.09. The van der Waals surface area contributed by atoms with Crippen molar-refractivity contribution in [3.8, 4) is 22.8 Å². The van der Waals surface area contributed by atoms with Crippen LogP contribution in [-0.2, 0) is 0 Å². The number of benzene rings is 2. The average Bonchev–Trinajstić information content (AvgIpc) is 3.14. The molecular weight excluding hydrogens is 308 g/mol. The third-order valence-corrected chi connectivity index (χ3v) is 4.29. The molecule has 3 aromatic heterocycles. The summed E-state index contributed by atoms with van der Waals surface area (Å²) in [6.45, 7) is 0. The lowest BCUT2D eigenvalue weighted by Gasteiger charge is -2.02. The lowest BCUT2D eigenvalue weighted by atomic mass is 10.2. The van der Waals surface area contributed by atoms with Gasteiger partial charge >= 0.3 is 0 Å². The van der Waals surface area contributed by atoms with Gasteiger partial charge in [-0.3, -0.25) is 0 Å². The highest BCUT2D eigenvalue weighted by molar-refractivity contribution is 5.83. The number of fused-ring (bicyclic) bond motifs is 3. The molecule has 118 valence electrons. The Morgan fingerprint density at radius 1 is 0.720 bits per heavy atom. The first-order valence-corrected chi connectivity index (χ1v) is 8.15. The van der Waals surface area contributed by atoms with Gasteiger partial charge in [-0.2, -0.15) is 5.10 Å². The van der Waals surface area contributed by atoms with E-state index in [0.717, 1.165) is 33.4 Å². The summed E-state index contributed by atoms with van der Waals surface area (Å²) in [5, 5.41) is 5.94. The summed E-state index contributed by atoms with van der Waals surface area (Å²) in [5.41, 5.74) is 4.80. The van der Waals surface area contributed by atoms with E-state index in [4.69, 9.17) is 10.1 Å². The van der Waals surface area contributed by atoms with Crippen LogP contribution in [0.25, 0.3) is 39.2 Å². The maximum absolute atomic E-state index is 4.77. The minimum Gasteiger partial charge on any atom is -0.237 e. The Bertz CT molecular complexity index is 1190. The van der Waals surface area contributed by atoms with Gasteiger partial charge in [-0.05, 0) is 24.3 Å². The first-order valence-electron chi connectivity index (χ1n) is 8.15. The molecule has 0 atom stereocenters. The van der Waals surface area contributed by atoms with Crippen molar-refractivity contribution in [2.75, 3.05) is 0 Å². The fourth-order valence-electron chi connectivity index (χ4n) is 3.06. The molecule has 4 nitrogen and oxygen atoms in total. The lowest BCUT2D eigenvalue weighted by molar-refractivity contribution is 1.00. The third kappa shape index (κ3) is 2.35. The van der Waals surface area contributed by atoms with Gasteiger partial charge in [0.2, 0.25) is 0 Å². The van der Waals surface area contributed by atoms with Crippen LogP contribution in [0, 0.1) is 0 Å². The summed E-state index contributed by atoms with van der Waals surface area (Å²) in [7, 11) is 0. The molecule has 0 unspecified atom stereocenters. The Morgan fingerprint density at radius 3 is 2.48 bits per heavy atom. The molecule has 0 spiro atoms. The summed E-state index contributed by atoms with van der Waals surface area (Å²) < 4.78 is 1.97. The van der Waals surface area contributed by atoms with Gasteiger partial charge in [0.25, 0.3) is 0 Å². The number of hydrogen-bond donors (Lipinski definition) is 0. The number of hydrogen-bond acceptors (Lipinski definition) is 3. The molecule has 0 radical (unpaired) electrons. The van der Waals surface area contributed by atoms with Gasteiger partial charge in [-0.15, -0.1) is 0 Å². The number of nitrogens with zero attached hydrogens (tertiary/aromatic N) is 4. The van der Waals surface area contributed by atoms with Crippen molar-refractivity contribution in [2.24, 2.45) is 0 Å². The molecular formula is C21H14N4. The van der Waals surface area contributed by atoms with E-state index in [0.29, 0.717) is 5.82 Å². The first-order chi connectivity index (χ1) is 12.4. The molecule has 0 amide bonds. The molecule has 2 aromatic carbocycles.